The van der Waals surface area contributed by atoms with Crippen molar-refractivity contribution in [1.82, 2.24) is 9.55 Å². The van der Waals surface area contributed by atoms with Crippen molar-refractivity contribution in [2.75, 3.05) is 11.9 Å². The van der Waals surface area contributed by atoms with Crippen LogP contribution >= 0.6 is 23.1 Å². The third-order valence-electron chi connectivity index (χ3n) is 6.18. The van der Waals surface area contributed by atoms with Crippen molar-refractivity contribution in [2.45, 2.75) is 76.2 Å². The SMILES string of the molecule is CCOC(=O)c1c(NC(=O)C(C)Sc2nc3ccccc3c(=O)n2CC)sc2c1CCCCCC2. The van der Waals surface area contributed by atoms with Crippen LogP contribution in [-0.4, -0.2) is 33.3 Å². The lowest BCUT2D eigenvalue weighted by Crippen LogP contribution is -2.27. The highest BCUT2D eigenvalue weighted by Gasteiger charge is 2.28. The summed E-state index contributed by atoms with van der Waals surface area (Å²) in [6, 6.07) is 7.23. The molecular weight excluding hydrogens is 482 g/mol. The number of carbonyl (C=O) groups excluding carboxylic acids is 2. The van der Waals surface area contributed by atoms with Gasteiger partial charge >= 0.3 is 5.97 Å². The molecule has 1 atom stereocenters. The number of rotatable bonds is 7. The molecule has 0 saturated heterocycles. The minimum absolute atomic E-state index is 0.115. The lowest BCUT2D eigenvalue weighted by molar-refractivity contribution is -0.115. The Kier molecular flexibility index (Phi) is 8.28. The van der Waals surface area contributed by atoms with E-state index in [9.17, 15) is 14.4 Å². The van der Waals surface area contributed by atoms with E-state index in [0.29, 0.717) is 33.2 Å². The molecule has 0 bridgehead atoms. The first-order valence-corrected chi connectivity index (χ1v) is 13.9. The lowest BCUT2D eigenvalue weighted by Gasteiger charge is -2.15. The zero-order valence-corrected chi connectivity index (χ0v) is 22.0. The number of fused-ring (bicyclic) bond motifs is 2. The highest BCUT2D eigenvalue weighted by Crippen LogP contribution is 2.38. The summed E-state index contributed by atoms with van der Waals surface area (Å²) in [4.78, 5) is 44.9. The third-order valence-corrected chi connectivity index (χ3v) is 8.48. The molecule has 2 aromatic heterocycles. The average molecular weight is 514 g/mol. The molecule has 2 heterocycles. The van der Waals surface area contributed by atoms with Gasteiger partial charge < -0.3 is 10.1 Å². The molecule has 0 saturated carbocycles. The molecule has 1 amide bonds. The summed E-state index contributed by atoms with van der Waals surface area (Å²) in [5.74, 6) is -0.614. The van der Waals surface area contributed by atoms with Crippen LogP contribution in [0.5, 0.6) is 0 Å². The van der Waals surface area contributed by atoms with Crippen LogP contribution in [-0.2, 0) is 28.9 Å². The van der Waals surface area contributed by atoms with E-state index in [-0.39, 0.29) is 24.0 Å². The normalized spacial score (nSPS) is 14.6. The highest BCUT2D eigenvalue weighted by molar-refractivity contribution is 8.00. The third kappa shape index (κ3) is 5.46. The van der Waals surface area contributed by atoms with Gasteiger partial charge in [-0.1, -0.05) is 36.7 Å². The number of nitrogens with zero attached hydrogens (tertiary/aromatic N) is 2. The van der Waals surface area contributed by atoms with Crippen molar-refractivity contribution >= 4 is 50.9 Å². The number of thioether (sulfide) groups is 1. The van der Waals surface area contributed by atoms with E-state index in [2.05, 4.69) is 10.3 Å². The van der Waals surface area contributed by atoms with Gasteiger partial charge in [-0.05, 0) is 64.2 Å². The molecule has 186 valence electrons. The summed E-state index contributed by atoms with van der Waals surface area (Å²) in [6.45, 7) is 6.20. The minimum atomic E-state index is -0.527. The van der Waals surface area contributed by atoms with Gasteiger partial charge in [0.2, 0.25) is 5.91 Å². The summed E-state index contributed by atoms with van der Waals surface area (Å²) in [5, 5.41) is 4.10. The van der Waals surface area contributed by atoms with Gasteiger partial charge in [-0.25, -0.2) is 9.78 Å². The lowest BCUT2D eigenvalue weighted by atomic mass is 9.96. The number of carbonyl (C=O) groups is 2. The largest absolute Gasteiger partial charge is 0.462 e. The molecule has 0 aliphatic heterocycles. The van der Waals surface area contributed by atoms with Crippen LogP contribution < -0.4 is 10.9 Å². The van der Waals surface area contributed by atoms with Crippen molar-refractivity contribution in [3.63, 3.8) is 0 Å². The number of thiophene rings is 1. The second-order valence-corrected chi connectivity index (χ2v) is 11.0. The molecule has 4 rings (SSSR count). The molecule has 1 N–H and O–H groups in total. The van der Waals surface area contributed by atoms with Crippen LogP contribution in [0.3, 0.4) is 0 Å². The Hall–Kier alpha value is -2.65. The van der Waals surface area contributed by atoms with E-state index in [0.717, 1.165) is 37.7 Å². The second-order valence-electron chi connectivity index (χ2n) is 8.55. The summed E-state index contributed by atoms with van der Waals surface area (Å²) >= 11 is 2.74. The van der Waals surface area contributed by atoms with Crippen LogP contribution in [0, 0.1) is 0 Å². The first kappa shape index (κ1) is 25.4. The van der Waals surface area contributed by atoms with Crippen LogP contribution in [0.1, 0.15) is 67.3 Å². The molecular formula is C26H31N3O4S2. The molecule has 7 nitrogen and oxygen atoms in total. The second kappa shape index (κ2) is 11.4. The van der Waals surface area contributed by atoms with Crippen molar-refractivity contribution < 1.29 is 14.3 Å². The first-order valence-electron chi connectivity index (χ1n) is 12.2. The Morgan fingerprint density at radius 3 is 2.66 bits per heavy atom. The number of esters is 1. The standard InChI is InChI=1S/C26H31N3O4S2/c1-4-29-24(31)17-12-10-11-14-19(17)27-26(29)34-16(3)22(30)28-23-21(25(32)33-5-2)18-13-8-6-7-9-15-20(18)35-23/h10-12,14,16H,4-9,13,15H2,1-3H3,(H,28,30). The topological polar surface area (TPSA) is 90.3 Å². The van der Waals surface area contributed by atoms with E-state index in [1.807, 2.05) is 19.1 Å². The zero-order chi connectivity index (χ0) is 24.9. The molecule has 1 aliphatic rings. The van der Waals surface area contributed by atoms with Crippen LogP contribution in [0.2, 0.25) is 0 Å². The monoisotopic (exact) mass is 513 g/mol. The molecule has 9 heteroatoms. The van der Waals surface area contributed by atoms with Crippen molar-refractivity contribution in [3.8, 4) is 0 Å². The predicted molar refractivity (Wildman–Crippen MR) is 142 cm³/mol. The fraction of sp³-hybridized carbons (Fsp3) is 0.462. The maximum atomic E-state index is 13.3. The molecule has 1 aromatic carbocycles. The summed E-state index contributed by atoms with van der Waals surface area (Å²) < 4.78 is 6.95. The van der Waals surface area contributed by atoms with Gasteiger partial charge in [0, 0.05) is 11.4 Å². The Labute approximate surface area is 213 Å². The van der Waals surface area contributed by atoms with Crippen molar-refractivity contribution in [2.24, 2.45) is 0 Å². The Balaban J connectivity index is 1.61. The molecule has 3 aromatic rings. The highest BCUT2D eigenvalue weighted by atomic mass is 32.2. The minimum Gasteiger partial charge on any atom is -0.462 e. The van der Waals surface area contributed by atoms with E-state index in [1.54, 1.807) is 30.5 Å². The number of hydrogen-bond donors (Lipinski definition) is 1. The van der Waals surface area contributed by atoms with Crippen LogP contribution in [0.4, 0.5) is 5.00 Å². The fourth-order valence-electron chi connectivity index (χ4n) is 4.37. The number of aromatic nitrogens is 2. The molecule has 0 radical (unpaired) electrons. The van der Waals surface area contributed by atoms with Gasteiger partial charge in [0.15, 0.2) is 5.16 Å². The maximum Gasteiger partial charge on any atom is 0.341 e. The number of anilines is 1. The molecule has 1 aliphatic carbocycles. The van der Waals surface area contributed by atoms with Gasteiger partial charge in [-0.2, -0.15) is 0 Å². The van der Waals surface area contributed by atoms with E-state index >= 15 is 0 Å². The van der Waals surface area contributed by atoms with Crippen molar-refractivity contribution in [3.05, 3.63) is 50.6 Å². The van der Waals surface area contributed by atoms with Crippen LogP contribution in [0.15, 0.2) is 34.2 Å². The number of amides is 1. The fourth-order valence-corrected chi connectivity index (χ4v) is 6.62. The number of hydrogen-bond acceptors (Lipinski definition) is 7. The Bertz CT molecular complexity index is 1300. The van der Waals surface area contributed by atoms with Gasteiger partial charge in [-0.15, -0.1) is 11.3 Å². The summed E-state index contributed by atoms with van der Waals surface area (Å²) in [7, 11) is 0. The van der Waals surface area contributed by atoms with E-state index in [4.69, 9.17) is 4.74 Å². The van der Waals surface area contributed by atoms with Crippen LogP contribution in [0.25, 0.3) is 10.9 Å². The number of aryl methyl sites for hydroxylation is 1. The summed E-state index contributed by atoms with van der Waals surface area (Å²) in [6.07, 6.45) is 6.17. The first-order chi connectivity index (χ1) is 16.9. The smallest absolute Gasteiger partial charge is 0.341 e. The molecule has 0 spiro atoms. The number of ether oxygens (including phenoxy) is 1. The number of para-hydroxylation sites is 1. The number of nitrogens with one attached hydrogen (secondary N) is 1. The van der Waals surface area contributed by atoms with Gasteiger partial charge in [-0.3, -0.25) is 14.2 Å². The molecule has 1 unspecified atom stereocenters. The number of benzene rings is 1. The molecule has 0 fully saturated rings. The van der Waals surface area contributed by atoms with Gasteiger partial charge in [0.25, 0.3) is 5.56 Å². The van der Waals surface area contributed by atoms with Crippen molar-refractivity contribution in [1.29, 1.82) is 0 Å². The predicted octanol–water partition coefficient (Wildman–Crippen LogP) is 5.43. The average Bonchev–Trinajstić information content (AvgIpc) is 3.15. The van der Waals surface area contributed by atoms with Gasteiger partial charge in [0.05, 0.1) is 28.3 Å². The Morgan fingerprint density at radius 2 is 1.91 bits per heavy atom. The van der Waals surface area contributed by atoms with Gasteiger partial charge in [0.1, 0.15) is 5.00 Å². The summed E-state index contributed by atoms with van der Waals surface area (Å²) in [5.41, 5.74) is 2.03. The molecule has 35 heavy (non-hydrogen) atoms. The maximum absolute atomic E-state index is 13.3. The Morgan fingerprint density at radius 1 is 1.17 bits per heavy atom. The van der Waals surface area contributed by atoms with E-state index < -0.39 is 5.25 Å². The zero-order valence-electron chi connectivity index (χ0n) is 20.4. The quantitative estimate of drug-likeness (QED) is 0.257. The van der Waals surface area contributed by atoms with E-state index in [1.165, 1.54) is 34.4 Å².